The molecule has 0 bridgehead atoms. The van der Waals surface area contributed by atoms with E-state index >= 15 is 0 Å². The Morgan fingerprint density at radius 3 is 1.54 bits per heavy atom. The molecule has 1 N–H and O–H groups in total. The van der Waals surface area contributed by atoms with Gasteiger partial charge >= 0.3 is 7.25 Å². The van der Waals surface area contributed by atoms with Crippen LogP contribution in [-0.2, 0) is 6.54 Å². The van der Waals surface area contributed by atoms with Crippen molar-refractivity contribution < 1.29 is 21.8 Å². The molecular weight excluding hydrogens is 319 g/mol. The van der Waals surface area contributed by atoms with Crippen LogP contribution in [0.3, 0.4) is 0 Å². The Hall–Kier alpha value is -1.01. The van der Waals surface area contributed by atoms with Crippen molar-refractivity contribution in [2.24, 2.45) is 0 Å². The molecule has 1 aromatic rings. The minimum Gasteiger partial charge on any atom is -0.418 e. The van der Waals surface area contributed by atoms with Gasteiger partial charge in [-0.15, -0.1) is 0 Å². The quantitative estimate of drug-likeness (QED) is 0.186. The summed E-state index contributed by atoms with van der Waals surface area (Å²) >= 11 is 0. The molecule has 1 aromatic heterocycles. The molecule has 0 atom stereocenters. The third-order valence-corrected chi connectivity index (χ3v) is 3.87. The van der Waals surface area contributed by atoms with E-state index in [-0.39, 0.29) is 0 Å². The van der Waals surface area contributed by atoms with Crippen LogP contribution in [0.4, 0.5) is 17.3 Å². The van der Waals surface area contributed by atoms with Gasteiger partial charge in [-0.1, -0.05) is 71.1 Å². The lowest BCUT2D eigenvalue weighted by Gasteiger charge is -2.02. The van der Waals surface area contributed by atoms with E-state index < -0.39 is 7.25 Å². The van der Waals surface area contributed by atoms with Gasteiger partial charge in [0.25, 0.3) is 0 Å². The van der Waals surface area contributed by atoms with Crippen molar-refractivity contribution in [3.63, 3.8) is 0 Å². The molecule has 0 fully saturated rings. The van der Waals surface area contributed by atoms with Gasteiger partial charge in [-0.3, -0.25) is 4.98 Å². The maximum absolute atomic E-state index is 9.75. The summed E-state index contributed by atoms with van der Waals surface area (Å²) in [4.78, 5) is 3.09. The van der Waals surface area contributed by atoms with Gasteiger partial charge in [0.1, 0.15) is 12.4 Å². The van der Waals surface area contributed by atoms with Gasteiger partial charge in [-0.25, -0.2) is 4.57 Å². The molecule has 0 saturated heterocycles. The van der Waals surface area contributed by atoms with E-state index in [2.05, 4.69) is 22.7 Å². The zero-order valence-corrected chi connectivity index (χ0v) is 15.0. The number of hydrogen-bond donors (Lipinski definition) is 1. The first-order valence-corrected chi connectivity index (χ1v) is 9.32. The normalized spacial score (nSPS) is 11.2. The smallest absolute Gasteiger partial charge is 0.418 e. The average molecular weight is 352 g/mol. The Morgan fingerprint density at radius 1 is 0.750 bits per heavy atom. The van der Waals surface area contributed by atoms with E-state index in [1.54, 1.807) is 0 Å². The summed E-state index contributed by atoms with van der Waals surface area (Å²) in [6.07, 6.45) is 23.2. The molecule has 1 heterocycles. The Bertz CT molecular complexity index is 350. The summed E-state index contributed by atoms with van der Waals surface area (Å²) in [6.45, 7) is 3.45. The number of aryl methyl sites for hydroxylation is 1. The average Bonchev–Trinajstić information content (AvgIpc) is 3.00. The Kier molecular flexibility index (Phi) is 14.9. The monoisotopic (exact) mass is 352 g/mol. The van der Waals surface area contributed by atoms with Gasteiger partial charge < -0.3 is 17.3 Å². The lowest BCUT2D eigenvalue weighted by Crippen LogP contribution is -2.30. The number of rotatable bonds is 13. The predicted octanol–water partition coefficient (Wildman–Crippen LogP) is 6.30. The molecule has 1 rings (SSSR count). The fourth-order valence-electron chi connectivity index (χ4n) is 2.60. The van der Waals surface area contributed by atoms with E-state index in [4.69, 9.17) is 0 Å². The molecule has 7 heteroatoms. The van der Waals surface area contributed by atoms with Crippen LogP contribution in [-0.4, -0.2) is 12.2 Å². The lowest BCUT2D eigenvalue weighted by molar-refractivity contribution is -0.696. The van der Waals surface area contributed by atoms with Crippen molar-refractivity contribution in [2.45, 2.75) is 90.5 Å². The molecule has 0 saturated carbocycles. The fraction of sp³-hybridized carbons (Fsp3) is 0.824. The maximum atomic E-state index is 9.75. The molecule has 0 aliphatic rings. The number of halogens is 4. The molecule has 0 unspecified atom stereocenters. The lowest BCUT2D eigenvalue weighted by atomic mass is 10.1. The summed E-state index contributed by atoms with van der Waals surface area (Å²) in [5, 5.41) is 0. The van der Waals surface area contributed by atoms with Crippen LogP contribution in [0.5, 0.6) is 0 Å². The number of nitrogens with one attached hydrogen (secondary N) is 1. The minimum atomic E-state index is -6.00. The van der Waals surface area contributed by atoms with Gasteiger partial charge in [0.2, 0.25) is 6.33 Å². The molecule has 142 valence electrons. The topological polar surface area (TPSA) is 19.7 Å². The highest BCUT2D eigenvalue weighted by Crippen LogP contribution is 2.11. The van der Waals surface area contributed by atoms with Crippen molar-refractivity contribution >= 4 is 7.25 Å². The number of unbranched alkanes of at least 4 members (excludes halogenated alkanes) is 11. The summed E-state index contributed by atoms with van der Waals surface area (Å²) < 4.78 is 41.2. The first-order chi connectivity index (χ1) is 11.4. The number of imidazole rings is 1. The van der Waals surface area contributed by atoms with Gasteiger partial charge in [0.05, 0.1) is 6.54 Å². The Labute approximate surface area is 144 Å². The van der Waals surface area contributed by atoms with Crippen molar-refractivity contribution in [1.82, 2.24) is 4.98 Å². The van der Waals surface area contributed by atoms with E-state index in [0.29, 0.717) is 0 Å². The number of aromatic nitrogens is 2. The van der Waals surface area contributed by atoms with Crippen molar-refractivity contribution in [3.05, 3.63) is 18.7 Å². The summed E-state index contributed by atoms with van der Waals surface area (Å²) in [5.41, 5.74) is 0. The number of aromatic amines is 1. The van der Waals surface area contributed by atoms with Gasteiger partial charge in [0.15, 0.2) is 0 Å². The van der Waals surface area contributed by atoms with Crippen LogP contribution in [0.15, 0.2) is 18.7 Å². The van der Waals surface area contributed by atoms with Gasteiger partial charge in [-0.05, 0) is 12.8 Å². The molecule has 0 aliphatic carbocycles. The van der Waals surface area contributed by atoms with Crippen molar-refractivity contribution in [1.29, 1.82) is 0 Å². The van der Waals surface area contributed by atoms with Crippen molar-refractivity contribution in [3.8, 4) is 0 Å². The molecule has 0 aromatic carbocycles. The van der Waals surface area contributed by atoms with Crippen LogP contribution in [0.2, 0.25) is 0 Å². The first kappa shape index (κ1) is 23.0. The highest BCUT2D eigenvalue weighted by molar-refractivity contribution is 6.50. The molecule has 0 aliphatic heterocycles. The molecule has 24 heavy (non-hydrogen) atoms. The van der Waals surface area contributed by atoms with Gasteiger partial charge in [0, 0.05) is 0 Å². The number of nitrogens with zero attached hydrogens (tertiary/aromatic N) is 1. The third kappa shape index (κ3) is 21.0. The molecule has 0 radical (unpaired) electrons. The fourth-order valence-corrected chi connectivity index (χ4v) is 2.60. The van der Waals surface area contributed by atoms with Gasteiger partial charge in [-0.2, -0.15) is 0 Å². The van der Waals surface area contributed by atoms with Crippen LogP contribution >= 0.6 is 0 Å². The first-order valence-electron chi connectivity index (χ1n) is 9.32. The van der Waals surface area contributed by atoms with E-state index in [0.717, 1.165) is 0 Å². The van der Waals surface area contributed by atoms with Crippen molar-refractivity contribution in [2.75, 3.05) is 0 Å². The third-order valence-electron chi connectivity index (χ3n) is 3.87. The Morgan fingerprint density at radius 2 is 1.17 bits per heavy atom. The van der Waals surface area contributed by atoms with E-state index in [9.17, 15) is 17.3 Å². The second-order valence-corrected chi connectivity index (χ2v) is 6.23. The maximum Gasteiger partial charge on any atom is 0.673 e. The summed E-state index contributed by atoms with van der Waals surface area (Å²) in [7, 11) is -6.00. The standard InChI is InChI=1S/C17H32N2.BF4/c1-2-3-4-5-6-7-8-9-10-11-12-13-15-19-16-14-18-17-19;2-1(3,4)5/h14,16-17H,2-13,15H2,1H3;/q;-1/p+1. The number of hydrogen-bond acceptors (Lipinski definition) is 0. The van der Waals surface area contributed by atoms with Crippen LogP contribution in [0.25, 0.3) is 0 Å². The molecule has 2 nitrogen and oxygen atoms in total. The molecule has 0 amide bonds. The van der Waals surface area contributed by atoms with Crippen LogP contribution in [0, 0.1) is 0 Å². The van der Waals surface area contributed by atoms with E-state index in [1.807, 2.05) is 12.5 Å². The summed E-state index contributed by atoms with van der Waals surface area (Å²) in [6, 6.07) is 0. The Balaban J connectivity index is 0.000000922. The molecule has 0 spiro atoms. The SMILES string of the molecule is CCCCCCCCCCCCCC[n+]1cc[nH]c1.F[B-](F)(F)F. The second-order valence-electron chi connectivity index (χ2n) is 6.23. The molecular formula is C17H33BF4N2. The largest absolute Gasteiger partial charge is 0.673 e. The predicted molar refractivity (Wildman–Crippen MR) is 92.3 cm³/mol. The zero-order chi connectivity index (χ0) is 18.1. The zero-order valence-electron chi connectivity index (χ0n) is 15.0. The minimum absolute atomic E-state index is 1.17. The second kappa shape index (κ2) is 15.5. The van der Waals surface area contributed by atoms with Crippen LogP contribution in [0.1, 0.15) is 84.0 Å². The highest BCUT2D eigenvalue weighted by Gasteiger charge is 2.20. The van der Waals surface area contributed by atoms with E-state index in [1.165, 1.54) is 83.6 Å². The van der Waals surface area contributed by atoms with Crippen LogP contribution < -0.4 is 4.57 Å². The highest BCUT2D eigenvalue weighted by atomic mass is 19.5. The summed E-state index contributed by atoms with van der Waals surface area (Å²) in [5.74, 6) is 0. The number of H-pyrrole nitrogens is 1.